The predicted octanol–water partition coefficient (Wildman–Crippen LogP) is 1.88. The highest BCUT2D eigenvalue weighted by atomic mass is 16.5. The number of carboxylic acid groups (broad SMARTS) is 1. The van der Waals surface area contributed by atoms with Crippen molar-refractivity contribution >= 4 is 5.97 Å². The molecule has 0 fully saturated rings. The number of rotatable bonds is 3. The first kappa shape index (κ1) is 12.8. The van der Waals surface area contributed by atoms with Crippen LogP contribution < -0.4 is 10.3 Å². The summed E-state index contributed by atoms with van der Waals surface area (Å²) >= 11 is 0. The maximum atomic E-state index is 11.6. The number of aromatic amines is 1. The van der Waals surface area contributed by atoms with Crippen molar-refractivity contribution in [3.8, 4) is 11.8 Å². The van der Waals surface area contributed by atoms with Crippen LogP contribution in [-0.2, 0) is 0 Å². The number of ether oxygens (including phenoxy) is 1. The Morgan fingerprint density at radius 1 is 1.37 bits per heavy atom. The third kappa shape index (κ3) is 2.79. The molecule has 0 aliphatic carbocycles. The molecule has 0 bridgehead atoms. The fourth-order valence-corrected chi connectivity index (χ4v) is 1.47. The van der Waals surface area contributed by atoms with E-state index in [4.69, 9.17) is 9.84 Å². The third-order valence-electron chi connectivity index (χ3n) is 2.67. The number of aryl methyl sites for hydroxylation is 1. The summed E-state index contributed by atoms with van der Waals surface area (Å²) in [7, 11) is 0. The molecule has 2 aromatic rings. The van der Waals surface area contributed by atoms with Crippen molar-refractivity contribution in [1.29, 1.82) is 0 Å². The second kappa shape index (κ2) is 4.93. The lowest BCUT2D eigenvalue weighted by atomic mass is 10.2. The van der Waals surface area contributed by atoms with Crippen LogP contribution in [0.2, 0.25) is 0 Å². The smallest absolute Gasteiger partial charge is 0.335 e. The first-order chi connectivity index (χ1) is 8.97. The van der Waals surface area contributed by atoms with Gasteiger partial charge in [0.25, 0.3) is 5.56 Å². The molecule has 2 rings (SSSR count). The van der Waals surface area contributed by atoms with E-state index in [0.29, 0.717) is 17.0 Å². The quantitative estimate of drug-likeness (QED) is 0.878. The van der Waals surface area contributed by atoms with E-state index in [1.807, 2.05) is 0 Å². The lowest BCUT2D eigenvalue weighted by Gasteiger charge is -2.06. The van der Waals surface area contributed by atoms with E-state index in [-0.39, 0.29) is 17.1 Å². The summed E-state index contributed by atoms with van der Waals surface area (Å²) in [6.07, 6.45) is 0. The van der Waals surface area contributed by atoms with Crippen LogP contribution in [0.25, 0.3) is 0 Å². The van der Waals surface area contributed by atoms with Crippen LogP contribution in [0, 0.1) is 13.8 Å². The van der Waals surface area contributed by atoms with Crippen LogP contribution >= 0.6 is 0 Å². The highest BCUT2D eigenvalue weighted by molar-refractivity contribution is 5.88. The van der Waals surface area contributed by atoms with Gasteiger partial charge in [-0.05, 0) is 32.0 Å². The second-order valence-electron chi connectivity index (χ2n) is 4.02. The Labute approximate surface area is 108 Å². The summed E-state index contributed by atoms with van der Waals surface area (Å²) in [6.45, 7) is 3.36. The average molecular weight is 260 g/mol. The van der Waals surface area contributed by atoms with Crippen molar-refractivity contribution in [1.82, 2.24) is 9.97 Å². The number of nitrogens with one attached hydrogen (secondary N) is 1. The zero-order valence-electron chi connectivity index (χ0n) is 10.4. The number of hydrogen-bond acceptors (Lipinski definition) is 4. The molecule has 2 N–H and O–H groups in total. The molecular formula is C13H12N2O4. The lowest BCUT2D eigenvalue weighted by Crippen LogP contribution is -2.14. The SMILES string of the molecule is Cc1nc(Oc2cccc(C(=O)O)c2)[nH]c(=O)c1C. The molecule has 0 radical (unpaired) electrons. The van der Waals surface area contributed by atoms with Gasteiger partial charge in [-0.2, -0.15) is 0 Å². The highest BCUT2D eigenvalue weighted by Gasteiger charge is 2.08. The molecule has 1 heterocycles. The van der Waals surface area contributed by atoms with Crippen LogP contribution in [0.5, 0.6) is 11.8 Å². The number of carboxylic acids is 1. The third-order valence-corrected chi connectivity index (χ3v) is 2.67. The van der Waals surface area contributed by atoms with Gasteiger partial charge >= 0.3 is 12.0 Å². The zero-order valence-corrected chi connectivity index (χ0v) is 10.4. The van der Waals surface area contributed by atoms with E-state index in [9.17, 15) is 9.59 Å². The number of hydrogen-bond donors (Lipinski definition) is 2. The van der Waals surface area contributed by atoms with Gasteiger partial charge in [0, 0.05) is 5.56 Å². The van der Waals surface area contributed by atoms with Crippen molar-refractivity contribution in [2.75, 3.05) is 0 Å². The highest BCUT2D eigenvalue weighted by Crippen LogP contribution is 2.18. The zero-order chi connectivity index (χ0) is 14.0. The molecular weight excluding hydrogens is 248 g/mol. The van der Waals surface area contributed by atoms with E-state index in [1.165, 1.54) is 12.1 Å². The minimum absolute atomic E-state index is 0.0376. The number of carbonyl (C=O) groups is 1. The summed E-state index contributed by atoms with van der Waals surface area (Å²) in [5, 5.41) is 8.87. The first-order valence-corrected chi connectivity index (χ1v) is 5.56. The van der Waals surface area contributed by atoms with Gasteiger partial charge in [-0.1, -0.05) is 6.07 Å². The van der Waals surface area contributed by atoms with Gasteiger partial charge < -0.3 is 9.84 Å². The summed E-state index contributed by atoms with van der Waals surface area (Å²) in [5.41, 5.74) is 0.903. The number of nitrogens with zero attached hydrogens (tertiary/aromatic N) is 1. The largest absolute Gasteiger partial charge is 0.478 e. The summed E-state index contributed by atoms with van der Waals surface area (Å²) in [6, 6.07) is 5.98. The Bertz CT molecular complexity index is 691. The topological polar surface area (TPSA) is 92.3 Å². The molecule has 6 heteroatoms. The van der Waals surface area contributed by atoms with Crippen molar-refractivity contribution in [2.45, 2.75) is 13.8 Å². The van der Waals surface area contributed by atoms with Gasteiger partial charge in [-0.15, -0.1) is 0 Å². The normalized spacial score (nSPS) is 10.2. The Morgan fingerprint density at radius 2 is 2.11 bits per heavy atom. The molecule has 0 unspecified atom stereocenters. The molecule has 0 atom stereocenters. The van der Waals surface area contributed by atoms with Gasteiger partial charge in [0.1, 0.15) is 5.75 Å². The Balaban J connectivity index is 2.34. The standard InChI is InChI=1S/C13H12N2O4/c1-7-8(2)14-13(15-11(7)16)19-10-5-3-4-9(6-10)12(17)18/h3-6H,1-2H3,(H,17,18)(H,14,15,16). The number of aromatic nitrogens is 2. The van der Waals surface area contributed by atoms with E-state index in [1.54, 1.807) is 26.0 Å². The summed E-state index contributed by atoms with van der Waals surface area (Å²) in [5.74, 6) is -0.752. The summed E-state index contributed by atoms with van der Waals surface area (Å²) in [4.78, 5) is 28.9. The van der Waals surface area contributed by atoms with Gasteiger partial charge in [-0.3, -0.25) is 9.78 Å². The van der Waals surface area contributed by atoms with Crippen molar-refractivity contribution in [2.24, 2.45) is 0 Å². The van der Waals surface area contributed by atoms with Crippen LogP contribution in [-0.4, -0.2) is 21.0 Å². The summed E-state index contributed by atoms with van der Waals surface area (Å²) < 4.78 is 5.36. The van der Waals surface area contributed by atoms with Gasteiger partial charge in [0.15, 0.2) is 0 Å². The average Bonchev–Trinajstić information content (AvgIpc) is 2.36. The van der Waals surface area contributed by atoms with E-state index < -0.39 is 5.97 Å². The monoisotopic (exact) mass is 260 g/mol. The molecule has 0 saturated carbocycles. The molecule has 1 aromatic carbocycles. The molecule has 6 nitrogen and oxygen atoms in total. The minimum atomic E-state index is -1.05. The van der Waals surface area contributed by atoms with Crippen molar-refractivity contribution in [3.63, 3.8) is 0 Å². The maximum Gasteiger partial charge on any atom is 0.335 e. The van der Waals surface area contributed by atoms with Gasteiger partial charge in [0.2, 0.25) is 0 Å². The van der Waals surface area contributed by atoms with Crippen molar-refractivity contribution in [3.05, 3.63) is 51.4 Å². The van der Waals surface area contributed by atoms with Crippen molar-refractivity contribution < 1.29 is 14.6 Å². The fraction of sp³-hybridized carbons (Fsp3) is 0.154. The Kier molecular flexibility index (Phi) is 3.33. The van der Waals surface area contributed by atoms with Crippen LogP contribution in [0.1, 0.15) is 21.6 Å². The lowest BCUT2D eigenvalue weighted by molar-refractivity contribution is 0.0696. The van der Waals surface area contributed by atoms with Crippen LogP contribution in [0.4, 0.5) is 0 Å². The predicted molar refractivity (Wildman–Crippen MR) is 67.8 cm³/mol. The first-order valence-electron chi connectivity index (χ1n) is 5.56. The molecule has 98 valence electrons. The minimum Gasteiger partial charge on any atom is -0.478 e. The van der Waals surface area contributed by atoms with E-state index in [0.717, 1.165) is 0 Å². The number of aromatic carboxylic acids is 1. The number of benzene rings is 1. The molecule has 1 aromatic heterocycles. The molecule has 0 aliphatic rings. The maximum absolute atomic E-state index is 11.6. The second-order valence-corrected chi connectivity index (χ2v) is 4.02. The fourth-order valence-electron chi connectivity index (χ4n) is 1.47. The van der Waals surface area contributed by atoms with Gasteiger partial charge in [-0.25, -0.2) is 9.78 Å². The molecule has 0 saturated heterocycles. The molecule has 0 aliphatic heterocycles. The molecule has 0 spiro atoms. The Morgan fingerprint density at radius 3 is 2.74 bits per heavy atom. The van der Waals surface area contributed by atoms with E-state index in [2.05, 4.69) is 9.97 Å². The molecule has 0 amide bonds. The van der Waals surface area contributed by atoms with E-state index >= 15 is 0 Å². The molecule has 19 heavy (non-hydrogen) atoms. The van der Waals surface area contributed by atoms with Gasteiger partial charge in [0.05, 0.1) is 11.3 Å². The Hall–Kier alpha value is -2.63. The number of H-pyrrole nitrogens is 1. The van der Waals surface area contributed by atoms with Crippen LogP contribution in [0.3, 0.4) is 0 Å². The van der Waals surface area contributed by atoms with Crippen LogP contribution in [0.15, 0.2) is 29.1 Å².